The van der Waals surface area contributed by atoms with Crippen molar-refractivity contribution in [2.75, 3.05) is 7.05 Å². The molecule has 0 radical (unpaired) electrons. The highest BCUT2D eigenvalue weighted by atomic mass is 19.4. The number of aryl methyl sites for hydroxylation is 1. The summed E-state index contributed by atoms with van der Waals surface area (Å²) in [6, 6.07) is 6.92. The molecule has 3 nitrogen and oxygen atoms in total. The van der Waals surface area contributed by atoms with Crippen molar-refractivity contribution >= 4 is 0 Å². The number of rotatable bonds is 4. The average molecular weight is 296 g/mol. The fourth-order valence-electron chi connectivity index (χ4n) is 1.92. The molecule has 0 atom stereocenters. The van der Waals surface area contributed by atoms with E-state index in [0.29, 0.717) is 12.1 Å². The first kappa shape index (κ1) is 15.3. The largest absolute Gasteiger partial charge is 0.438 e. The molecule has 21 heavy (non-hydrogen) atoms. The Bertz CT molecular complexity index is 627. The van der Waals surface area contributed by atoms with E-state index in [1.54, 1.807) is 20.2 Å². The molecule has 0 amide bonds. The van der Waals surface area contributed by atoms with Crippen molar-refractivity contribution in [2.24, 2.45) is 0 Å². The lowest BCUT2D eigenvalue weighted by Gasteiger charge is -2.14. The molecule has 0 aliphatic carbocycles. The number of hydrogen-bond acceptors (Lipinski definition) is 3. The third kappa shape index (κ3) is 3.72. The molecule has 0 spiro atoms. The summed E-state index contributed by atoms with van der Waals surface area (Å²) < 4.78 is 44.1. The maximum Gasteiger partial charge on any atom is 0.419 e. The Morgan fingerprint density at radius 1 is 1.24 bits per heavy atom. The number of aromatic nitrogens is 1. The highest BCUT2D eigenvalue weighted by molar-refractivity contribution is 5.40. The minimum atomic E-state index is -4.46. The van der Waals surface area contributed by atoms with Crippen LogP contribution in [0.25, 0.3) is 0 Å². The van der Waals surface area contributed by atoms with Crippen LogP contribution in [0.1, 0.15) is 16.7 Å². The van der Waals surface area contributed by atoms with Crippen LogP contribution in [0.2, 0.25) is 0 Å². The number of para-hydroxylation sites is 1. The Labute approximate surface area is 120 Å². The third-order valence-corrected chi connectivity index (χ3v) is 2.87. The summed E-state index contributed by atoms with van der Waals surface area (Å²) in [5.74, 6) is -0.0754. The van der Waals surface area contributed by atoms with Gasteiger partial charge < -0.3 is 10.1 Å². The molecule has 0 unspecified atom stereocenters. The lowest BCUT2D eigenvalue weighted by Crippen LogP contribution is -2.08. The Morgan fingerprint density at radius 3 is 2.57 bits per heavy atom. The minimum Gasteiger partial charge on any atom is -0.438 e. The van der Waals surface area contributed by atoms with Gasteiger partial charge >= 0.3 is 6.18 Å². The Kier molecular flexibility index (Phi) is 4.47. The van der Waals surface area contributed by atoms with Crippen molar-refractivity contribution in [3.8, 4) is 11.6 Å². The molecule has 112 valence electrons. The zero-order chi connectivity index (χ0) is 15.5. The molecule has 0 bridgehead atoms. The number of alkyl halides is 3. The standard InChI is InChI=1S/C15H15F3N2O/c1-10-7-11(8-19-2)9-20-14(10)21-13-6-4-3-5-12(13)15(16,17)18/h3-7,9,19H,8H2,1-2H3. The molecule has 0 saturated heterocycles. The van der Waals surface area contributed by atoms with Crippen molar-refractivity contribution in [3.63, 3.8) is 0 Å². The SMILES string of the molecule is CNCc1cnc(Oc2ccccc2C(F)(F)F)c(C)c1. The first-order valence-corrected chi connectivity index (χ1v) is 6.36. The van der Waals surface area contributed by atoms with E-state index in [-0.39, 0.29) is 11.6 Å². The molecule has 1 aromatic carbocycles. The molecule has 1 heterocycles. The van der Waals surface area contributed by atoms with Crippen LogP contribution in [0.5, 0.6) is 11.6 Å². The van der Waals surface area contributed by atoms with Crippen molar-refractivity contribution in [2.45, 2.75) is 19.6 Å². The smallest absolute Gasteiger partial charge is 0.419 e. The fraction of sp³-hybridized carbons (Fsp3) is 0.267. The van der Waals surface area contributed by atoms with Crippen LogP contribution >= 0.6 is 0 Å². The zero-order valence-corrected chi connectivity index (χ0v) is 11.7. The van der Waals surface area contributed by atoms with Crippen molar-refractivity contribution in [3.05, 3.63) is 53.2 Å². The van der Waals surface area contributed by atoms with Gasteiger partial charge in [-0.25, -0.2) is 4.98 Å². The number of pyridine rings is 1. The molecule has 0 aliphatic rings. The second kappa shape index (κ2) is 6.13. The van der Waals surface area contributed by atoms with Crippen LogP contribution in [0.15, 0.2) is 36.5 Å². The predicted octanol–water partition coefficient (Wildman–Crippen LogP) is 3.92. The molecule has 1 aromatic heterocycles. The van der Waals surface area contributed by atoms with E-state index in [2.05, 4.69) is 10.3 Å². The minimum absolute atomic E-state index is 0.173. The lowest BCUT2D eigenvalue weighted by atomic mass is 10.2. The van der Waals surface area contributed by atoms with Gasteiger partial charge in [0, 0.05) is 18.3 Å². The van der Waals surface area contributed by atoms with Gasteiger partial charge in [-0.2, -0.15) is 13.2 Å². The van der Waals surface area contributed by atoms with Gasteiger partial charge in [0.05, 0.1) is 5.56 Å². The van der Waals surface area contributed by atoms with Crippen LogP contribution in [0, 0.1) is 6.92 Å². The van der Waals surface area contributed by atoms with Crippen LogP contribution in [0.4, 0.5) is 13.2 Å². The van der Waals surface area contributed by atoms with E-state index in [4.69, 9.17) is 4.74 Å². The summed E-state index contributed by atoms with van der Waals surface area (Å²) in [5, 5.41) is 2.98. The number of nitrogens with one attached hydrogen (secondary N) is 1. The maximum absolute atomic E-state index is 12.9. The Hall–Kier alpha value is -2.08. The number of nitrogens with zero attached hydrogens (tertiary/aromatic N) is 1. The Morgan fingerprint density at radius 2 is 1.95 bits per heavy atom. The molecule has 0 fully saturated rings. The topological polar surface area (TPSA) is 34.2 Å². The van der Waals surface area contributed by atoms with Gasteiger partial charge in [0.2, 0.25) is 5.88 Å². The molecule has 0 saturated carbocycles. The normalized spacial score (nSPS) is 11.5. The predicted molar refractivity (Wildman–Crippen MR) is 73.3 cm³/mol. The highest BCUT2D eigenvalue weighted by Gasteiger charge is 2.34. The second-order valence-electron chi connectivity index (χ2n) is 4.59. The maximum atomic E-state index is 12.9. The van der Waals surface area contributed by atoms with Gasteiger partial charge in [-0.3, -0.25) is 0 Å². The van der Waals surface area contributed by atoms with Gasteiger partial charge in [0.25, 0.3) is 0 Å². The molecule has 0 aliphatic heterocycles. The fourth-order valence-corrected chi connectivity index (χ4v) is 1.92. The third-order valence-electron chi connectivity index (χ3n) is 2.87. The summed E-state index contributed by atoms with van der Waals surface area (Å²) in [6.07, 6.45) is -2.88. The summed E-state index contributed by atoms with van der Waals surface area (Å²) >= 11 is 0. The number of benzene rings is 1. The molecule has 1 N–H and O–H groups in total. The lowest BCUT2D eigenvalue weighted by molar-refractivity contribution is -0.138. The quantitative estimate of drug-likeness (QED) is 0.928. The molecular formula is C15H15F3N2O. The monoisotopic (exact) mass is 296 g/mol. The van der Waals surface area contributed by atoms with Crippen LogP contribution in [0.3, 0.4) is 0 Å². The Balaban J connectivity index is 2.31. The summed E-state index contributed by atoms with van der Waals surface area (Å²) in [6.45, 7) is 2.38. The average Bonchev–Trinajstić information content (AvgIpc) is 2.42. The summed E-state index contributed by atoms with van der Waals surface area (Å²) in [4.78, 5) is 4.09. The van der Waals surface area contributed by atoms with Gasteiger partial charge in [-0.15, -0.1) is 0 Å². The van der Waals surface area contributed by atoms with Crippen LogP contribution in [-0.4, -0.2) is 12.0 Å². The van der Waals surface area contributed by atoms with Gasteiger partial charge in [-0.05, 0) is 37.7 Å². The van der Waals surface area contributed by atoms with E-state index in [0.717, 1.165) is 11.6 Å². The van der Waals surface area contributed by atoms with Crippen LogP contribution in [-0.2, 0) is 12.7 Å². The molecule has 6 heteroatoms. The number of ether oxygens (including phenoxy) is 1. The number of hydrogen-bond donors (Lipinski definition) is 1. The van der Waals surface area contributed by atoms with E-state index in [1.165, 1.54) is 18.2 Å². The molecule has 2 aromatic rings. The van der Waals surface area contributed by atoms with Gasteiger partial charge in [0.15, 0.2) is 0 Å². The van der Waals surface area contributed by atoms with Crippen LogP contribution < -0.4 is 10.1 Å². The van der Waals surface area contributed by atoms with Crippen molar-refractivity contribution < 1.29 is 17.9 Å². The van der Waals surface area contributed by atoms with Crippen molar-refractivity contribution in [1.82, 2.24) is 10.3 Å². The highest BCUT2D eigenvalue weighted by Crippen LogP contribution is 2.37. The van der Waals surface area contributed by atoms with Crippen molar-refractivity contribution in [1.29, 1.82) is 0 Å². The second-order valence-corrected chi connectivity index (χ2v) is 4.59. The molecular weight excluding hydrogens is 281 g/mol. The van der Waals surface area contributed by atoms with E-state index in [9.17, 15) is 13.2 Å². The molecule has 2 rings (SSSR count). The van der Waals surface area contributed by atoms with Gasteiger partial charge in [0.1, 0.15) is 5.75 Å². The van der Waals surface area contributed by atoms with Gasteiger partial charge in [-0.1, -0.05) is 12.1 Å². The zero-order valence-electron chi connectivity index (χ0n) is 11.7. The number of halogens is 3. The first-order valence-electron chi connectivity index (χ1n) is 6.36. The van der Waals surface area contributed by atoms with E-state index in [1.807, 2.05) is 6.07 Å². The summed E-state index contributed by atoms with van der Waals surface area (Å²) in [7, 11) is 1.80. The van der Waals surface area contributed by atoms with E-state index < -0.39 is 11.7 Å². The van der Waals surface area contributed by atoms with E-state index >= 15 is 0 Å². The first-order chi connectivity index (χ1) is 9.91. The summed E-state index contributed by atoms with van der Waals surface area (Å²) in [5.41, 5.74) is 0.802.